The average Bonchev–Trinajstić information content (AvgIpc) is 2.85. The lowest BCUT2D eigenvalue weighted by molar-refractivity contribution is 0.219. The second kappa shape index (κ2) is 7.04. The van der Waals surface area contributed by atoms with Gasteiger partial charge in [0.15, 0.2) is 0 Å². The summed E-state index contributed by atoms with van der Waals surface area (Å²) in [6, 6.07) is 0. The Labute approximate surface area is 117 Å². The predicted molar refractivity (Wildman–Crippen MR) is 78.0 cm³/mol. The molecule has 0 saturated heterocycles. The monoisotopic (exact) mass is 264 g/mol. The summed E-state index contributed by atoms with van der Waals surface area (Å²) in [5.41, 5.74) is 1.32. The number of nitrogens with one attached hydrogen (secondary N) is 1. The van der Waals surface area contributed by atoms with Crippen LogP contribution in [0, 0.1) is 11.8 Å². The van der Waals surface area contributed by atoms with Gasteiger partial charge in [0, 0.05) is 13.0 Å². The van der Waals surface area contributed by atoms with Gasteiger partial charge in [-0.15, -0.1) is 5.10 Å². The van der Waals surface area contributed by atoms with Crippen molar-refractivity contribution in [1.82, 2.24) is 20.3 Å². The van der Waals surface area contributed by atoms with Gasteiger partial charge in [-0.05, 0) is 44.2 Å². The summed E-state index contributed by atoms with van der Waals surface area (Å²) < 4.78 is 1.97. The summed E-state index contributed by atoms with van der Waals surface area (Å²) in [4.78, 5) is 0. The maximum absolute atomic E-state index is 4.12. The number of hydrogen-bond acceptors (Lipinski definition) is 3. The largest absolute Gasteiger partial charge is 0.316 e. The molecule has 1 aromatic heterocycles. The van der Waals surface area contributed by atoms with Crippen molar-refractivity contribution < 1.29 is 0 Å². The molecule has 1 fully saturated rings. The van der Waals surface area contributed by atoms with Crippen LogP contribution in [0.5, 0.6) is 0 Å². The van der Waals surface area contributed by atoms with Gasteiger partial charge in [-0.1, -0.05) is 31.9 Å². The normalized spacial score (nSPS) is 27.6. The summed E-state index contributed by atoms with van der Waals surface area (Å²) in [6.45, 7) is 6.81. The molecule has 0 aromatic carbocycles. The second-order valence-electron chi connectivity index (χ2n) is 5.94. The van der Waals surface area contributed by atoms with E-state index >= 15 is 0 Å². The fourth-order valence-corrected chi connectivity index (χ4v) is 3.40. The van der Waals surface area contributed by atoms with E-state index in [9.17, 15) is 0 Å². The summed E-state index contributed by atoms with van der Waals surface area (Å²) in [6.07, 6.45) is 8.51. The first kappa shape index (κ1) is 14.5. The predicted octanol–water partition coefficient (Wildman–Crippen LogP) is 2.72. The topological polar surface area (TPSA) is 42.7 Å². The quantitative estimate of drug-likeness (QED) is 0.803. The molecule has 1 aliphatic rings. The van der Waals surface area contributed by atoms with Crippen LogP contribution in [0.4, 0.5) is 0 Å². The highest BCUT2D eigenvalue weighted by molar-refractivity contribution is 5.07. The van der Waals surface area contributed by atoms with Crippen LogP contribution in [0.15, 0.2) is 6.20 Å². The van der Waals surface area contributed by atoms with Crippen LogP contribution < -0.4 is 5.32 Å². The van der Waals surface area contributed by atoms with Crippen molar-refractivity contribution in [2.45, 2.75) is 51.9 Å². The highest BCUT2D eigenvalue weighted by Crippen LogP contribution is 2.41. The van der Waals surface area contributed by atoms with Crippen LogP contribution in [-0.2, 0) is 7.05 Å². The number of hydrogen-bond donors (Lipinski definition) is 1. The summed E-state index contributed by atoms with van der Waals surface area (Å²) in [7, 11) is 2.02. The third-order valence-corrected chi connectivity index (χ3v) is 4.64. The van der Waals surface area contributed by atoms with E-state index in [2.05, 4.69) is 29.5 Å². The second-order valence-corrected chi connectivity index (χ2v) is 5.94. The lowest BCUT2D eigenvalue weighted by atomic mass is 9.72. The minimum atomic E-state index is 0.628. The zero-order valence-electron chi connectivity index (χ0n) is 12.6. The first-order valence-corrected chi connectivity index (χ1v) is 7.81. The van der Waals surface area contributed by atoms with E-state index in [1.807, 2.05) is 17.9 Å². The Morgan fingerprint density at radius 2 is 2.21 bits per heavy atom. The fraction of sp³-hybridized carbons (Fsp3) is 0.867. The Morgan fingerprint density at radius 1 is 1.37 bits per heavy atom. The van der Waals surface area contributed by atoms with Gasteiger partial charge in [-0.3, -0.25) is 4.68 Å². The van der Waals surface area contributed by atoms with Crippen molar-refractivity contribution in [3.8, 4) is 0 Å². The van der Waals surface area contributed by atoms with Gasteiger partial charge < -0.3 is 5.32 Å². The van der Waals surface area contributed by atoms with E-state index in [1.165, 1.54) is 37.8 Å². The Balaban J connectivity index is 2.05. The van der Waals surface area contributed by atoms with Crippen LogP contribution in [0.2, 0.25) is 0 Å². The number of rotatable bonds is 6. The molecular weight excluding hydrogens is 236 g/mol. The number of nitrogens with zero attached hydrogens (tertiary/aromatic N) is 3. The Morgan fingerprint density at radius 3 is 2.84 bits per heavy atom. The van der Waals surface area contributed by atoms with E-state index in [1.54, 1.807) is 0 Å². The molecule has 0 radical (unpaired) electrons. The smallest absolute Gasteiger partial charge is 0.0728 e. The van der Waals surface area contributed by atoms with E-state index in [-0.39, 0.29) is 0 Å². The van der Waals surface area contributed by atoms with Gasteiger partial charge in [0.1, 0.15) is 0 Å². The van der Waals surface area contributed by atoms with Crippen molar-refractivity contribution in [1.29, 1.82) is 0 Å². The van der Waals surface area contributed by atoms with Crippen molar-refractivity contribution >= 4 is 0 Å². The third-order valence-electron chi connectivity index (χ3n) is 4.64. The molecule has 4 nitrogen and oxygen atoms in total. The molecule has 4 heteroatoms. The zero-order chi connectivity index (χ0) is 13.7. The van der Waals surface area contributed by atoms with Gasteiger partial charge in [0.2, 0.25) is 0 Å². The van der Waals surface area contributed by atoms with Gasteiger partial charge in [-0.25, -0.2) is 0 Å². The molecule has 2 rings (SSSR count). The van der Waals surface area contributed by atoms with Crippen LogP contribution in [0.25, 0.3) is 0 Å². The molecule has 0 aliphatic heterocycles. The van der Waals surface area contributed by atoms with Gasteiger partial charge >= 0.3 is 0 Å². The van der Waals surface area contributed by atoms with Crippen molar-refractivity contribution in [3.63, 3.8) is 0 Å². The lowest BCUT2D eigenvalue weighted by Gasteiger charge is -2.36. The molecule has 0 amide bonds. The molecule has 1 N–H and O–H groups in total. The maximum atomic E-state index is 4.12. The van der Waals surface area contributed by atoms with E-state index < -0.39 is 0 Å². The molecular formula is C15H28N4. The van der Waals surface area contributed by atoms with Crippen molar-refractivity contribution in [2.24, 2.45) is 18.9 Å². The molecule has 1 aromatic rings. The minimum absolute atomic E-state index is 0.628. The SMILES string of the molecule is CCCNCC1CCC(CC)CC1c1cnnn1C. The molecule has 19 heavy (non-hydrogen) atoms. The molecule has 3 unspecified atom stereocenters. The van der Waals surface area contributed by atoms with Gasteiger partial charge in [0.05, 0.1) is 11.9 Å². The van der Waals surface area contributed by atoms with E-state index in [4.69, 9.17) is 0 Å². The van der Waals surface area contributed by atoms with Gasteiger partial charge in [-0.2, -0.15) is 0 Å². The van der Waals surface area contributed by atoms with Crippen molar-refractivity contribution in [2.75, 3.05) is 13.1 Å². The number of aryl methyl sites for hydroxylation is 1. The molecule has 108 valence electrons. The summed E-state index contributed by atoms with van der Waals surface area (Å²) >= 11 is 0. The van der Waals surface area contributed by atoms with Crippen LogP contribution >= 0.6 is 0 Å². The fourth-order valence-electron chi connectivity index (χ4n) is 3.40. The highest BCUT2D eigenvalue weighted by atomic mass is 15.4. The third kappa shape index (κ3) is 3.56. The average molecular weight is 264 g/mol. The van der Waals surface area contributed by atoms with E-state index in [0.717, 1.165) is 24.9 Å². The molecule has 1 heterocycles. The van der Waals surface area contributed by atoms with Crippen LogP contribution in [-0.4, -0.2) is 28.1 Å². The van der Waals surface area contributed by atoms with Crippen molar-refractivity contribution in [3.05, 3.63) is 11.9 Å². The molecule has 0 spiro atoms. The summed E-state index contributed by atoms with van der Waals surface area (Å²) in [5.74, 6) is 2.25. The van der Waals surface area contributed by atoms with Crippen LogP contribution in [0.3, 0.4) is 0 Å². The molecule has 0 bridgehead atoms. The zero-order valence-corrected chi connectivity index (χ0v) is 12.6. The maximum Gasteiger partial charge on any atom is 0.0728 e. The first-order valence-electron chi connectivity index (χ1n) is 7.81. The lowest BCUT2D eigenvalue weighted by Crippen LogP contribution is -2.33. The van der Waals surface area contributed by atoms with E-state index in [0.29, 0.717) is 5.92 Å². The van der Waals surface area contributed by atoms with Crippen LogP contribution in [0.1, 0.15) is 57.6 Å². The Bertz CT molecular complexity index is 372. The summed E-state index contributed by atoms with van der Waals surface area (Å²) in [5, 5.41) is 11.8. The standard InChI is InChI=1S/C15H28N4/c1-4-8-16-10-13-7-6-12(5-2)9-14(13)15-11-17-18-19(15)3/h11-14,16H,4-10H2,1-3H3. The molecule has 3 atom stereocenters. The van der Waals surface area contributed by atoms with Gasteiger partial charge in [0.25, 0.3) is 0 Å². The first-order chi connectivity index (χ1) is 9.26. The minimum Gasteiger partial charge on any atom is -0.316 e. The number of aromatic nitrogens is 3. The highest BCUT2D eigenvalue weighted by Gasteiger charge is 2.32. The molecule has 1 saturated carbocycles. The molecule has 1 aliphatic carbocycles. The Kier molecular flexibility index (Phi) is 5.37. The Hall–Kier alpha value is -0.900.